The zero-order valence-corrected chi connectivity index (χ0v) is 12.8. The third kappa shape index (κ3) is 3.17. The highest BCUT2D eigenvalue weighted by atomic mass is 79.9. The van der Waals surface area contributed by atoms with Crippen molar-refractivity contribution in [2.75, 3.05) is 4.90 Å². The Kier molecular flexibility index (Phi) is 4.62. The smallest absolute Gasteiger partial charge is 0.214 e. The van der Waals surface area contributed by atoms with Crippen LogP contribution in [-0.2, 0) is 0 Å². The molecule has 0 atom stereocenters. The summed E-state index contributed by atoms with van der Waals surface area (Å²) in [7, 11) is 0. The molecule has 0 aliphatic heterocycles. The molecule has 2 rings (SSSR count). The average molecular weight is 356 g/mol. The molecule has 0 amide bonds. The fraction of sp³-hybridized carbons (Fsp3) is 0. The third-order valence-corrected chi connectivity index (χ3v) is 3.43. The van der Waals surface area contributed by atoms with Gasteiger partial charge in [0, 0.05) is 4.47 Å². The Morgan fingerprint density at radius 3 is 2.55 bits per heavy atom. The topological polar surface area (TPSA) is 109 Å². The van der Waals surface area contributed by atoms with Gasteiger partial charge in [0.25, 0.3) is 0 Å². The van der Waals surface area contributed by atoms with Crippen LogP contribution < -0.4 is 10.6 Å². The van der Waals surface area contributed by atoms with Crippen molar-refractivity contribution >= 4 is 33.3 Å². The van der Waals surface area contributed by atoms with Crippen LogP contribution in [0.3, 0.4) is 0 Å². The van der Waals surface area contributed by atoms with Gasteiger partial charge in [-0.15, -0.1) is 0 Å². The van der Waals surface area contributed by atoms with Crippen LogP contribution in [0.25, 0.3) is 0 Å². The maximum Gasteiger partial charge on any atom is 0.214 e. The summed E-state index contributed by atoms with van der Waals surface area (Å²) >= 11 is 3.34. The molecule has 0 aliphatic carbocycles. The van der Waals surface area contributed by atoms with Gasteiger partial charge in [0.2, 0.25) is 5.96 Å². The van der Waals surface area contributed by atoms with Crippen LogP contribution in [0.2, 0.25) is 0 Å². The molecule has 0 radical (unpaired) electrons. The second-order valence-corrected chi connectivity index (χ2v) is 5.03. The molecule has 0 bridgehead atoms. The van der Waals surface area contributed by atoms with Crippen molar-refractivity contribution in [1.29, 1.82) is 10.5 Å². The van der Waals surface area contributed by atoms with E-state index in [4.69, 9.17) is 11.0 Å². The van der Waals surface area contributed by atoms with Gasteiger partial charge in [-0.3, -0.25) is 0 Å². The van der Waals surface area contributed by atoms with Gasteiger partial charge in [-0.05, 0) is 46.3 Å². The monoisotopic (exact) mass is 355 g/mol. The number of para-hydroxylation sites is 1. The molecule has 3 N–H and O–H groups in total. The SMILES string of the molecule is N#Cc1ccc(N(C#N)C(N)=Nc2ccccc2Br)c(O)c1. The number of aliphatic imine (C=N–C) groups is 1. The molecule has 0 aromatic heterocycles. The Labute approximate surface area is 135 Å². The molecule has 0 aliphatic rings. The summed E-state index contributed by atoms with van der Waals surface area (Å²) in [5.74, 6) is -0.333. The summed E-state index contributed by atoms with van der Waals surface area (Å²) in [5.41, 5.74) is 6.83. The fourth-order valence-electron chi connectivity index (χ4n) is 1.73. The predicted octanol–water partition coefficient (Wildman–Crippen LogP) is 2.96. The van der Waals surface area contributed by atoms with Gasteiger partial charge < -0.3 is 10.8 Å². The lowest BCUT2D eigenvalue weighted by Crippen LogP contribution is -2.33. The van der Waals surface area contributed by atoms with Gasteiger partial charge in [0.15, 0.2) is 6.19 Å². The van der Waals surface area contributed by atoms with E-state index in [2.05, 4.69) is 20.9 Å². The van der Waals surface area contributed by atoms with Crippen LogP contribution in [0.15, 0.2) is 51.9 Å². The van der Waals surface area contributed by atoms with Crippen LogP contribution in [-0.4, -0.2) is 11.1 Å². The maximum atomic E-state index is 9.93. The van der Waals surface area contributed by atoms with E-state index in [1.54, 1.807) is 18.2 Å². The largest absolute Gasteiger partial charge is 0.506 e. The maximum absolute atomic E-state index is 9.93. The Morgan fingerprint density at radius 2 is 1.95 bits per heavy atom. The Hall–Kier alpha value is -3.03. The highest BCUT2D eigenvalue weighted by Gasteiger charge is 2.15. The second kappa shape index (κ2) is 6.61. The quantitative estimate of drug-likeness (QED) is 0.372. The van der Waals surface area contributed by atoms with Crippen LogP contribution >= 0.6 is 15.9 Å². The zero-order chi connectivity index (χ0) is 16.1. The van der Waals surface area contributed by atoms with E-state index >= 15 is 0 Å². The van der Waals surface area contributed by atoms with E-state index < -0.39 is 0 Å². The minimum atomic E-state index is -0.231. The van der Waals surface area contributed by atoms with E-state index in [0.29, 0.717) is 5.69 Å². The van der Waals surface area contributed by atoms with E-state index in [1.165, 1.54) is 18.2 Å². The molecular formula is C15H10BrN5O. The van der Waals surface area contributed by atoms with E-state index in [1.807, 2.05) is 18.3 Å². The number of hydrogen-bond acceptors (Lipinski definition) is 4. The Balaban J connectivity index is 2.43. The number of phenols is 1. The molecule has 2 aromatic rings. The van der Waals surface area contributed by atoms with Crippen molar-refractivity contribution in [3.8, 4) is 18.0 Å². The van der Waals surface area contributed by atoms with Gasteiger partial charge >= 0.3 is 0 Å². The van der Waals surface area contributed by atoms with Crippen LogP contribution in [0.5, 0.6) is 5.75 Å². The first-order chi connectivity index (χ1) is 10.6. The van der Waals surface area contributed by atoms with Gasteiger partial charge in [0.05, 0.1) is 17.3 Å². The number of aromatic hydroxyl groups is 1. The van der Waals surface area contributed by atoms with E-state index in [-0.39, 0.29) is 23.0 Å². The Morgan fingerprint density at radius 1 is 1.23 bits per heavy atom. The van der Waals surface area contributed by atoms with Crippen molar-refractivity contribution in [2.24, 2.45) is 10.7 Å². The fourth-order valence-corrected chi connectivity index (χ4v) is 2.10. The summed E-state index contributed by atoms with van der Waals surface area (Å²) in [4.78, 5) is 5.15. The lowest BCUT2D eigenvalue weighted by molar-refractivity contribution is 0.476. The number of rotatable bonds is 2. The molecule has 2 aromatic carbocycles. The van der Waals surface area contributed by atoms with Crippen molar-refractivity contribution in [3.63, 3.8) is 0 Å². The lowest BCUT2D eigenvalue weighted by Gasteiger charge is -2.16. The number of halogens is 1. The van der Waals surface area contributed by atoms with Gasteiger partial charge in [-0.2, -0.15) is 10.5 Å². The number of hydrogen-bond donors (Lipinski definition) is 2. The molecule has 6 nitrogen and oxygen atoms in total. The molecule has 7 heteroatoms. The number of guanidine groups is 1. The molecule has 0 spiro atoms. The predicted molar refractivity (Wildman–Crippen MR) is 86.3 cm³/mol. The normalized spacial score (nSPS) is 10.6. The molecule has 0 saturated carbocycles. The molecule has 0 unspecified atom stereocenters. The lowest BCUT2D eigenvalue weighted by atomic mass is 10.2. The number of nitrogens with zero attached hydrogens (tertiary/aromatic N) is 4. The van der Waals surface area contributed by atoms with Crippen molar-refractivity contribution in [1.82, 2.24) is 0 Å². The second-order valence-electron chi connectivity index (χ2n) is 4.17. The molecule has 0 saturated heterocycles. The zero-order valence-electron chi connectivity index (χ0n) is 11.2. The molecule has 0 heterocycles. The summed E-state index contributed by atoms with van der Waals surface area (Å²) in [6.07, 6.45) is 1.86. The highest BCUT2D eigenvalue weighted by molar-refractivity contribution is 9.10. The third-order valence-electron chi connectivity index (χ3n) is 2.76. The molecule has 0 fully saturated rings. The number of nitriles is 2. The Bertz CT molecular complexity index is 819. The summed E-state index contributed by atoms with van der Waals surface area (Å²) in [5, 5.41) is 28.0. The molecule has 22 heavy (non-hydrogen) atoms. The number of anilines is 1. The standard InChI is InChI=1S/C15H10BrN5O/c16-11-3-1-2-4-12(11)20-15(19)21(9-18)13-6-5-10(8-17)7-14(13)22/h1-7,22H,(H2,19,20). The van der Waals surface area contributed by atoms with Crippen molar-refractivity contribution in [3.05, 3.63) is 52.5 Å². The van der Waals surface area contributed by atoms with Crippen LogP contribution in [0.4, 0.5) is 11.4 Å². The minimum absolute atomic E-state index is 0.102. The summed E-state index contributed by atoms with van der Waals surface area (Å²) < 4.78 is 0.722. The van der Waals surface area contributed by atoms with Crippen molar-refractivity contribution < 1.29 is 5.11 Å². The summed E-state index contributed by atoms with van der Waals surface area (Å²) in [6, 6.07) is 13.2. The molecular weight excluding hydrogens is 346 g/mol. The van der Waals surface area contributed by atoms with Gasteiger partial charge in [-0.1, -0.05) is 12.1 Å². The summed E-state index contributed by atoms with van der Waals surface area (Å²) in [6.45, 7) is 0. The minimum Gasteiger partial charge on any atom is -0.506 e. The van der Waals surface area contributed by atoms with Gasteiger partial charge in [-0.25, -0.2) is 9.89 Å². The highest BCUT2D eigenvalue weighted by Crippen LogP contribution is 2.29. The van der Waals surface area contributed by atoms with Crippen LogP contribution in [0, 0.1) is 22.8 Å². The average Bonchev–Trinajstić information content (AvgIpc) is 2.51. The number of nitrogens with two attached hydrogens (primary N) is 1. The first kappa shape index (κ1) is 15.4. The molecule has 108 valence electrons. The number of benzene rings is 2. The number of phenolic OH excluding ortho intramolecular Hbond substituents is 1. The van der Waals surface area contributed by atoms with Crippen molar-refractivity contribution in [2.45, 2.75) is 0 Å². The van der Waals surface area contributed by atoms with E-state index in [0.717, 1.165) is 9.37 Å². The van der Waals surface area contributed by atoms with Gasteiger partial charge in [0.1, 0.15) is 11.4 Å². The van der Waals surface area contributed by atoms with Crippen LogP contribution in [0.1, 0.15) is 5.56 Å². The van der Waals surface area contributed by atoms with E-state index in [9.17, 15) is 10.4 Å². The first-order valence-corrected chi connectivity index (χ1v) is 6.87. The first-order valence-electron chi connectivity index (χ1n) is 6.08.